The number of phenolic OH excluding ortho intramolecular Hbond substituents is 1. The van der Waals surface area contributed by atoms with Crippen molar-refractivity contribution in [2.75, 3.05) is 13.2 Å². The molecule has 0 fully saturated rings. The molecule has 48 heavy (non-hydrogen) atoms. The number of carbonyl (C=O) groups is 1. The van der Waals surface area contributed by atoms with Gasteiger partial charge in [0.05, 0.1) is 34.2 Å². The van der Waals surface area contributed by atoms with Crippen LogP contribution in [0.25, 0.3) is 32.9 Å². The number of phenols is 1. The fourth-order valence-corrected chi connectivity index (χ4v) is 6.39. The second-order valence-electron chi connectivity index (χ2n) is 11.0. The van der Waals surface area contributed by atoms with Gasteiger partial charge in [0.1, 0.15) is 0 Å². The Bertz CT molecular complexity index is 2130. The third kappa shape index (κ3) is 7.75. The molecule has 0 aliphatic rings. The smallest absolute Gasteiger partial charge is 0.422 e. The number of pyridine rings is 1. The summed E-state index contributed by atoms with van der Waals surface area (Å²) in [6.07, 6.45) is -8.46. The number of aromatic hydroxyl groups is 1. The average molecular weight is 696 g/mol. The first-order chi connectivity index (χ1) is 22.4. The van der Waals surface area contributed by atoms with E-state index in [9.17, 15) is 44.7 Å². The summed E-state index contributed by atoms with van der Waals surface area (Å²) < 4.78 is 117. The summed E-state index contributed by atoms with van der Waals surface area (Å²) in [5.41, 5.74) is 2.14. The lowest BCUT2D eigenvalue weighted by molar-refractivity contribution is -0.154. The number of aromatic nitrogens is 2. The van der Waals surface area contributed by atoms with E-state index in [1.54, 1.807) is 38.1 Å². The highest BCUT2D eigenvalue weighted by Gasteiger charge is 2.33. The van der Waals surface area contributed by atoms with Crippen molar-refractivity contribution in [3.8, 4) is 28.6 Å². The van der Waals surface area contributed by atoms with Crippen molar-refractivity contribution in [3.05, 3.63) is 83.0 Å². The molecule has 1 amide bonds. The Hall–Kier alpha value is -4.99. The number of H-pyrrole nitrogens is 1. The first-order valence-electron chi connectivity index (χ1n) is 14.1. The highest BCUT2D eigenvalue weighted by atomic mass is 32.2. The van der Waals surface area contributed by atoms with Crippen molar-refractivity contribution in [3.63, 3.8) is 0 Å². The van der Waals surface area contributed by atoms with Crippen LogP contribution in [0.15, 0.2) is 60.8 Å². The number of halogens is 6. The summed E-state index contributed by atoms with van der Waals surface area (Å²) in [6.45, 7) is -0.191. The van der Waals surface area contributed by atoms with Gasteiger partial charge in [-0.2, -0.15) is 26.3 Å². The number of carbonyl (C=O) groups excluding carboxylic acids is 1. The van der Waals surface area contributed by atoms with Gasteiger partial charge >= 0.3 is 12.4 Å². The number of fused-ring (bicyclic) bond motifs is 3. The molecule has 3 aromatic carbocycles. The molecule has 16 heteroatoms. The molecule has 0 unspecified atom stereocenters. The first kappa shape index (κ1) is 34.3. The zero-order valence-corrected chi connectivity index (χ0v) is 26.0. The minimum absolute atomic E-state index is 0.0532. The van der Waals surface area contributed by atoms with Gasteiger partial charge in [0.15, 0.2) is 24.7 Å². The lowest BCUT2D eigenvalue weighted by Gasteiger charge is -2.15. The molecule has 0 saturated carbocycles. The number of rotatable bonds is 10. The molecule has 0 saturated heterocycles. The average Bonchev–Trinajstić information content (AvgIpc) is 3.35. The lowest BCUT2D eigenvalue weighted by atomic mass is 9.98. The Balaban J connectivity index is 1.55. The molecule has 0 aliphatic heterocycles. The molecule has 254 valence electrons. The second kappa shape index (κ2) is 12.9. The highest BCUT2D eigenvalue weighted by Crippen LogP contribution is 2.50. The van der Waals surface area contributed by atoms with Gasteiger partial charge in [-0.1, -0.05) is 42.5 Å². The number of benzene rings is 3. The molecule has 0 radical (unpaired) electrons. The van der Waals surface area contributed by atoms with Crippen LogP contribution in [0.1, 0.15) is 22.3 Å². The van der Waals surface area contributed by atoms with Crippen molar-refractivity contribution >= 4 is 37.6 Å². The Morgan fingerprint density at radius 1 is 0.917 bits per heavy atom. The van der Waals surface area contributed by atoms with Crippen molar-refractivity contribution in [2.45, 2.75) is 38.4 Å². The number of hydrogen-bond acceptors (Lipinski definition) is 7. The molecule has 0 atom stereocenters. The van der Waals surface area contributed by atoms with Crippen molar-refractivity contribution < 1.29 is 54.1 Å². The molecule has 2 heterocycles. The predicted octanol–water partition coefficient (Wildman–Crippen LogP) is 6.78. The van der Waals surface area contributed by atoms with E-state index < -0.39 is 64.6 Å². The maximum atomic E-state index is 13.2. The largest absolute Gasteiger partial charge is 0.504 e. The Kier molecular flexibility index (Phi) is 9.23. The summed E-state index contributed by atoms with van der Waals surface area (Å²) in [5, 5.41) is 10.8. The van der Waals surface area contributed by atoms with Crippen molar-refractivity contribution in [2.24, 2.45) is 0 Å². The van der Waals surface area contributed by atoms with Gasteiger partial charge in [-0.25, -0.2) is 8.42 Å². The van der Waals surface area contributed by atoms with Gasteiger partial charge in [0.25, 0.3) is 0 Å². The predicted molar refractivity (Wildman–Crippen MR) is 164 cm³/mol. The number of hydrogen-bond donors (Lipinski definition) is 3. The van der Waals surface area contributed by atoms with Gasteiger partial charge in [-0.15, -0.1) is 0 Å². The van der Waals surface area contributed by atoms with E-state index in [-0.39, 0.29) is 44.9 Å². The van der Waals surface area contributed by atoms with Gasteiger partial charge in [-0.3, -0.25) is 14.5 Å². The zero-order chi connectivity index (χ0) is 35.0. The zero-order valence-electron chi connectivity index (χ0n) is 25.2. The van der Waals surface area contributed by atoms with Gasteiger partial charge in [-0.05, 0) is 48.2 Å². The number of nitrogens with zero attached hydrogens (tertiary/aromatic N) is 1. The van der Waals surface area contributed by atoms with Crippen LogP contribution < -0.4 is 14.2 Å². The van der Waals surface area contributed by atoms with Crippen LogP contribution in [0.5, 0.6) is 17.4 Å². The molecule has 0 spiro atoms. The van der Waals surface area contributed by atoms with E-state index >= 15 is 0 Å². The van der Waals surface area contributed by atoms with Gasteiger partial charge in [0, 0.05) is 17.1 Å². The SMILES string of the molecule is Cc1ccccc1CC(=O)NS(=O)(=O)Cc1ccc(-c2[nH]c(OCC(F)(F)F)c3c2c(O)c(OCC(F)(F)F)c2cccnc23)c(C)c1. The van der Waals surface area contributed by atoms with E-state index in [0.29, 0.717) is 11.1 Å². The molecular weight excluding hydrogens is 668 g/mol. The fourth-order valence-electron chi connectivity index (χ4n) is 5.28. The fraction of sp³-hybridized carbons (Fsp3) is 0.250. The quantitative estimate of drug-likeness (QED) is 0.137. The van der Waals surface area contributed by atoms with E-state index in [1.807, 2.05) is 4.72 Å². The number of aryl methyl sites for hydroxylation is 2. The van der Waals surface area contributed by atoms with E-state index in [4.69, 9.17) is 9.47 Å². The minimum Gasteiger partial charge on any atom is -0.504 e. The monoisotopic (exact) mass is 695 g/mol. The van der Waals surface area contributed by atoms with Crippen LogP contribution in [0.2, 0.25) is 0 Å². The minimum atomic E-state index is -4.79. The van der Waals surface area contributed by atoms with Crippen LogP contribution in [0, 0.1) is 13.8 Å². The molecule has 5 aromatic rings. The molecular formula is C32H27F6N3O6S. The molecule has 0 aliphatic carbocycles. The summed E-state index contributed by atoms with van der Waals surface area (Å²) in [7, 11) is -4.16. The molecule has 2 aromatic heterocycles. The number of aromatic amines is 1. The number of nitrogens with one attached hydrogen (secondary N) is 2. The van der Waals surface area contributed by atoms with E-state index in [0.717, 1.165) is 5.56 Å². The van der Waals surface area contributed by atoms with E-state index in [1.165, 1.54) is 36.5 Å². The molecule has 3 N–H and O–H groups in total. The van der Waals surface area contributed by atoms with Crippen LogP contribution >= 0.6 is 0 Å². The van der Waals surface area contributed by atoms with E-state index in [2.05, 4.69) is 9.97 Å². The van der Waals surface area contributed by atoms with Crippen LogP contribution in [0.4, 0.5) is 26.3 Å². The van der Waals surface area contributed by atoms with Gasteiger partial charge < -0.3 is 19.6 Å². The maximum Gasteiger partial charge on any atom is 0.422 e. The van der Waals surface area contributed by atoms with Gasteiger partial charge in [0.2, 0.25) is 21.8 Å². The standard InChI is InChI=1S/C32H27F6N3O6S/c1-17-6-3-4-7-20(17)13-23(42)41-48(44,45)14-19-9-10-21(18(2)12-19)27-24-25(30(40-27)47-16-32(36,37)38)26-22(8-5-11-39-26)29(28(24)43)46-15-31(33,34)35/h3-12,40,43H,13-16H2,1-2H3,(H,41,42). The third-order valence-corrected chi connectivity index (χ3v) is 8.52. The second-order valence-corrected chi connectivity index (χ2v) is 12.7. The number of alkyl halides is 6. The van der Waals surface area contributed by atoms with Crippen LogP contribution in [0.3, 0.4) is 0 Å². The number of sulfonamides is 1. The maximum absolute atomic E-state index is 13.2. The summed E-state index contributed by atoms with van der Waals surface area (Å²) in [4.78, 5) is 19.3. The Labute approximate surface area is 269 Å². The Morgan fingerprint density at radius 2 is 1.60 bits per heavy atom. The van der Waals surface area contributed by atoms with Crippen LogP contribution in [-0.4, -0.2) is 55.0 Å². The summed E-state index contributed by atoms with van der Waals surface area (Å²) >= 11 is 0. The highest BCUT2D eigenvalue weighted by molar-refractivity contribution is 7.89. The summed E-state index contributed by atoms with van der Waals surface area (Å²) in [6, 6.07) is 13.9. The Morgan fingerprint density at radius 3 is 2.27 bits per heavy atom. The molecule has 5 rings (SSSR count). The number of ether oxygens (including phenoxy) is 2. The molecule has 9 nitrogen and oxygen atoms in total. The summed E-state index contributed by atoms with van der Waals surface area (Å²) in [5.74, 6) is -3.23. The first-order valence-corrected chi connectivity index (χ1v) is 15.8. The molecule has 0 bridgehead atoms. The van der Waals surface area contributed by atoms with Crippen molar-refractivity contribution in [1.82, 2.24) is 14.7 Å². The third-order valence-electron chi connectivity index (χ3n) is 7.27. The normalized spacial score (nSPS) is 12.4. The van der Waals surface area contributed by atoms with Crippen LogP contribution in [-0.2, 0) is 27.0 Å². The topological polar surface area (TPSA) is 131 Å². The number of amides is 1. The van der Waals surface area contributed by atoms with Crippen molar-refractivity contribution in [1.29, 1.82) is 0 Å². The lowest BCUT2D eigenvalue weighted by Crippen LogP contribution is -2.32.